The van der Waals surface area contributed by atoms with Crippen LogP contribution < -0.4 is 9.64 Å². The van der Waals surface area contributed by atoms with Gasteiger partial charge in [-0.15, -0.1) is 0 Å². The van der Waals surface area contributed by atoms with E-state index in [1.807, 2.05) is 0 Å². The van der Waals surface area contributed by atoms with Gasteiger partial charge in [-0.1, -0.05) is 0 Å². The molecule has 0 saturated carbocycles. The van der Waals surface area contributed by atoms with Crippen molar-refractivity contribution in [3.63, 3.8) is 0 Å². The number of carbonyl (C=O) groups excluding carboxylic acids is 2. The molecule has 0 bridgehead atoms. The Morgan fingerprint density at radius 3 is 2.66 bits per heavy atom. The summed E-state index contributed by atoms with van der Waals surface area (Å²) in [6, 6.07) is 9.86. The van der Waals surface area contributed by atoms with Crippen LogP contribution >= 0.6 is 0 Å². The number of hydrogen-bond donors (Lipinski definition) is 1. The van der Waals surface area contributed by atoms with Gasteiger partial charge in [0.05, 0.1) is 18.4 Å². The first-order chi connectivity index (χ1) is 15.5. The van der Waals surface area contributed by atoms with Crippen LogP contribution in [0.25, 0.3) is 5.76 Å². The summed E-state index contributed by atoms with van der Waals surface area (Å²) in [5, 5.41) is 11.1. The molecule has 3 aromatic rings. The highest BCUT2D eigenvalue weighted by atomic mass is 19.2. The summed E-state index contributed by atoms with van der Waals surface area (Å²) in [5.41, 5.74) is 0.982. The molecule has 8 heteroatoms. The molecule has 1 N–H and O–H groups in total. The second-order valence-corrected chi connectivity index (χ2v) is 7.56. The SMILES string of the molecule is O=C1C(=O)N(c2ccc(F)c(F)c2)C(c2ccco2)/C1=C(/O)c1ccc2c(c1)CCCO2. The predicted molar refractivity (Wildman–Crippen MR) is 110 cm³/mol. The first-order valence-corrected chi connectivity index (χ1v) is 10.0. The third-order valence-electron chi connectivity index (χ3n) is 5.62. The summed E-state index contributed by atoms with van der Waals surface area (Å²) < 4.78 is 38.4. The number of ketones is 1. The van der Waals surface area contributed by atoms with E-state index in [1.165, 1.54) is 18.4 Å². The maximum absolute atomic E-state index is 13.9. The van der Waals surface area contributed by atoms with Crippen LogP contribution in [0.4, 0.5) is 14.5 Å². The molecule has 2 aromatic carbocycles. The highest BCUT2D eigenvalue weighted by Crippen LogP contribution is 2.43. The molecule has 3 heterocycles. The zero-order valence-corrected chi connectivity index (χ0v) is 16.7. The minimum Gasteiger partial charge on any atom is -0.507 e. The van der Waals surface area contributed by atoms with Crippen molar-refractivity contribution in [2.45, 2.75) is 18.9 Å². The highest BCUT2D eigenvalue weighted by Gasteiger charge is 2.48. The molecule has 5 rings (SSSR count). The average molecular weight is 437 g/mol. The van der Waals surface area contributed by atoms with Crippen LogP contribution in [0.15, 0.2) is 64.8 Å². The zero-order chi connectivity index (χ0) is 22.4. The van der Waals surface area contributed by atoms with Crippen molar-refractivity contribution in [3.05, 3.63) is 88.9 Å². The van der Waals surface area contributed by atoms with Crippen LogP contribution in [-0.2, 0) is 16.0 Å². The number of Topliss-reactive ketones (excluding diaryl/α,β-unsaturated/α-hetero) is 1. The smallest absolute Gasteiger partial charge is 0.300 e. The van der Waals surface area contributed by atoms with Gasteiger partial charge in [0.2, 0.25) is 0 Å². The standard InChI is InChI=1S/C24H17F2NO5/c25-16-7-6-15(12-17(16)26)27-21(19-4-2-10-32-19)20(23(29)24(27)30)22(28)14-5-8-18-13(11-14)3-1-9-31-18/h2,4-8,10-12,21,28H,1,3,9H2/b22-20-. The van der Waals surface area contributed by atoms with E-state index in [9.17, 15) is 23.5 Å². The van der Waals surface area contributed by atoms with E-state index in [1.54, 1.807) is 24.3 Å². The Balaban J connectivity index is 1.67. The van der Waals surface area contributed by atoms with E-state index in [2.05, 4.69) is 0 Å². The molecule has 0 radical (unpaired) electrons. The van der Waals surface area contributed by atoms with Crippen molar-refractivity contribution in [2.24, 2.45) is 0 Å². The van der Waals surface area contributed by atoms with Crippen molar-refractivity contribution in [1.82, 2.24) is 0 Å². The number of furan rings is 1. The third-order valence-corrected chi connectivity index (χ3v) is 5.62. The summed E-state index contributed by atoms with van der Waals surface area (Å²) in [7, 11) is 0. The first kappa shape index (κ1) is 20.0. The number of halogens is 2. The summed E-state index contributed by atoms with van der Waals surface area (Å²) in [5.74, 6) is -3.69. The van der Waals surface area contributed by atoms with Crippen LogP contribution in [0.3, 0.4) is 0 Å². The van der Waals surface area contributed by atoms with Gasteiger partial charge in [0, 0.05) is 17.3 Å². The lowest BCUT2D eigenvalue weighted by molar-refractivity contribution is -0.132. The van der Waals surface area contributed by atoms with Gasteiger partial charge in [0.1, 0.15) is 23.3 Å². The van der Waals surface area contributed by atoms with Gasteiger partial charge in [0.25, 0.3) is 11.7 Å². The Morgan fingerprint density at radius 1 is 1.06 bits per heavy atom. The molecule has 1 aromatic heterocycles. The Morgan fingerprint density at radius 2 is 1.91 bits per heavy atom. The summed E-state index contributed by atoms with van der Waals surface area (Å²) in [6.07, 6.45) is 2.93. The van der Waals surface area contributed by atoms with Gasteiger partial charge in [-0.05, 0) is 60.9 Å². The zero-order valence-electron chi connectivity index (χ0n) is 16.7. The number of fused-ring (bicyclic) bond motifs is 1. The van der Waals surface area contributed by atoms with Crippen LogP contribution in [0.2, 0.25) is 0 Å². The van der Waals surface area contributed by atoms with Crippen molar-refractivity contribution in [2.75, 3.05) is 11.5 Å². The fourth-order valence-corrected chi connectivity index (χ4v) is 4.11. The van der Waals surface area contributed by atoms with Crippen molar-refractivity contribution in [1.29, 1.82) is 0 Å². The van der Waals surface area contributed by atoms with Gasteiger partial charge in [-0.25, -0.2) is 8.78 Å². The summed E-state index contributed by atoms with van der Waals surface area (Å²) in [4.78, 5) is 26.9. The normalized spacial score (nSPS) is 19.7. The monoisotopic (exact) mass is 437 g/mol. The van der Waals surface area contributed by atoms with E-state index < -0.39 is 29.4 Å². The number of aliphatic hydroxyl groups is 1. The molecule has 1 unspecified atom stereocenters. The van der Waals surface area contributed by atoms with E-state index in [0.29, 0.717) is 17.9 Å². The van der Waals surface area contributed by atoms with Crippen LogP contribution in [0.5, 0.6) is 5.75 Å². The molecule has 0 aliphatic carbocycles. The molecule has 1 fully saturated rings. The van der Waals surface area contributed by atoms with Crippen LogP contribution in [0.1, 0.15) is 29.3 Å². The third kappa shape index (κ3) is 3.15. The van der Waals surface area contributed by atoms with Gasteiger partial charge in [-0.2, -0.15) is 0 Å². The molecule has 32 heavy (non-hydrogen) atoms. The van der Waals surface area contributed by atoms with Gasteiger partial charge in [0.15, 0.2) is 11.6 Å². The number of ether oxygens (including phenoxy) is 1. The molecule has 1 saturated heterocycles. The Hall–Kier alpha value is -3.94. The number of anilines is 1. The maximum Gasteiger partial charge on any atom is 0.300 e. The Kier molecular flexibility index (Phi) is 4.77. The van der Waals surface area contributed by atoms with Gasteiger partial charge >= 0.3 is 0 Å². The number of aliphatic hydroxyl groups excluding tert-OH is 1. The van der Waals surface area contributed by atoms with E-state index in [-0.39, 0.29) is 22.8 Å². The summed E-state index contributed by atoms with van der Waals surface area (Å²) >= 11 is 0. The van der Waals surface area contributed by atoms with Crippen molar-refractivity contribution < 1.29 is 32.6 Å². The number of nitrogens with zero attached hydrogens (tertiary/aromatic N) is 1. The van der Waals surface area contributed by atoms with E-state index >= 15 is 0 Å². The lowest BCUT2D eigenvalue weighted by Gasteiger charge is -2.23. The molecule has 2 aliphatic heterocycles. The van der Waals surface area contributed by atoms with E-state index in [4.69, 9.17) is 9.15 Å². The lowest BCUT2D eigenvalue weighted by Crippen LogP contribution is -2.29. The highest BCUT2D eigenvalue weighted by molar-refractivity contribution is 6.51. The molecule has 162 valence electrons. The number of rotatable bonds is 3. The maximum atomic E-state index is 13.9. The molecular weight excluding hydrogens is 420 g/mol. The Bertz CT molecular complexity index is 1270. The minimum atomic E-state index is -1.17. The number of amides is 1. The van der Waals surface area contributed by atoms with Crippen LogP contribution in [-0.4, -0.2) is 23.4 Å². The average Bonchev–Trinajstić information content (AvgIpc) is 3.42. The number of hydrogen-bond acceptors (Lipinski definition) is 5. The van der Waals surface area contributed by atoms with Crippen molar-refractivity contribution >= 4 is 23.1 Å². The summed E-state index contributed by atoms with van der Waals surface area (Å²) in [6.45, 7) is 0.607. The number of benzene rings is 2. The largest absolute Gasteiger partial charge is 0.507 e. The number of carbonyl (C=O) groups is 2. The van der Waals surface area contributed by atoms with Crippen LogP contribution in [0, 0.1) is 11.6 Å². The molecule has 1 amide bonds. The quantitative estimate of drug-likeness (QED) is 0.371. The second-order valence-electron chi connectivity index (χ2n) is 7.56. The topological polar surface area (TPSA) is 80.0 Å². The molecule has 0 spiro atoms. The molecule has 2 aliphatic rings. The van der Waals surface area contributed by atoms with E-state index in [0.717, 1.165) is 35.4 Å². The predicted octanol–water partition coefficient (Wildman–Crippen LogP) is 4.51. The molecule has 6 nitrogen and oxygen atoms in total. The number of aryl methyl sites for hydroxylation is 1. The Labute approximate surface area is 181 Å². The van der Waals surface area contributed by atoms with Gasteiger partial charge in [-0.3, -0.25) is 14.5 Å². The molecule has 1 atom stereocenters. The van der Waals surface area contributed by atoms with Gasteiger partial charge < -0.3 is 14.3 Å². The second kappa shape index (κ2) is 7.64. The first-order valence-electron chi connectivity index (χ1n) is 10.0. The lowest BCUT2D eigenvalue weighted by atomic mass is 9.96. The fourth-order valence-electron chi connectivity index (χ4n) is 4.11. The minimum absolute atomic E-state index is 0.0368. The fraction of sp³-hybridized carbons (Fsp3) is 0.167. The van der Waals surface area contributed by atoms with Crippen molar-refractivity contribution in [3.8, 4) is 5.75 Å². The molecular formula is C24H17F2NO5.